The second-order valence-electron chi connectivity index (χ2n) is 7.40. The topological polar surface area (TPSA) is 79.4 Å². The number of nitrogens with one attached hydrogen (secondary N) is 1. The van der Waals surface area contributed by atoms with E-state index >= 15 is 0 Å². The number of anilines is 1. The van der Waals surface area contributed by atoms with Crippen LogP contribution in [-0.2, 0) is 16.4 Å². The molecule has 4 rings (SSSR count). The fourth-order valence-electron chi connectivity index (χ4n) is 3.68. The van der Waals surface area contributed by atoms with Crippen LogP contribution in [0.3, 0.4) is 0 Å². The minimum Gasteiger partial charge on any atom is -0.338 e. The number of rotatable bonds is 7. The summed E-state index contributed by atoms with van der Waals surface area (Å²) in [5.41, 5.74) is 1.83. The molecule has 1 unspecified atom stereocenters. The van der Waals surface area contributed by atoms with Crippen LogP contribution >= 0.6 is 11.3 Å². The molecule has 0 radical (unpaired) electrons. The maximum Gasteiger partial charge on any atom is 0.263 e. The zero-order valence-corrected chi connectivity index (χ0v) is 18.0. The molecule has 1 fully saturated rings. The Hall–Kier alpha value is -2.71. The Bertz CT molecular complexity index is 1080. The Morgan fingerprint density at radius 3 is 2.60 bits per heavy atom. The monoisotopic (exact) mass is 441 g/mol. The molecular weight excluding hydrogens is 418 g/mol. The van der Waals surface area contributed by atoms with Crippen LogP contribution in [-0.4, -0.2) is 37.3 Å². The smallest absolute Gasteiger partial charge is 0.263 e. The van der Waals surface area contributed by atoms with E-state index in [2.05, 4.69) is 34.0 Å². The second-order valence-corrected chi connectivity index (χ2v) is 9.97. The van der Waals surface area contributed by atoms with Crippen molar-refractivity contribution in [2.45, 2.75) is 24.2 Å². The van der Waals surface area contributed by atoms with E-state index < -0.39 is 10.0 Å². The summed E-state index contributed by atoms with van der Waals surface area (Å²) in [5, 5.41) is 2.01. The summed E-state index contributed by atoms with van der Waals surface area (Å²) in [6.07, 6.45) is 4.62. The quantitative estimate of drug-likeness (QED) is 0.600. The number of likely N-dealkylation sites (tertiary alicyclic amines) is 1. The van der Waals surface area contributed by atoms with Gasteiger partial charge >= 0.3 is 0 Å². The van der Waals surface area contributed by atoms with E-state index in [1.54, 1.807) is 17.5 Å². The van der Waals surface area contributed by atoms with E-state index in [0.29, 0.717) is 16.6 Å². The van der Waals surface area contributed by atoms with Crippen molar-refractivity contribution >= 4 is 32.4 Å². The SMILES string of the molecule is O=C(c1ccc(S(=O)(=O)Nc2nccs2)cc1)N1CCC(CCc2ccccc2)C1. The van der Waals surface area contributed by atoms with Crippen molar-refractivity contribution in [3.63, 3.8) is 0 Å². The van der Waals surface area contributed by atoms with Crippen LogP contribution < -0.4 is 4.72 Å². The third-order valence-corrected chi connectivity index (χ3v) is 7.50. The number of aromatic nitrogens is 1. The summed E-state index contributed by atoms with van der Waals surface area (Å²) in [5.74, 6) is 0.449. The van der Waals surface area contributed by atoms with Gasteiger partial charge in [0.2, 0.25) is 0 Å². The van der Waals surface area contributed by atoms with E-state index in [4.69, 9.17) is 0 Å². The van der Waals surface area contributed by atoms with Crippen molar-refractivity contribution in [1.29, 1.82) is 0 Å². The minimum absolute atomic E-state index is 0.0472. The molecule has 1 aromatic heterocycles. The van der Waals surface area contributed by atoms with E-state index in [9.17, 15) is 13.2 Å². The van der Waals surface area contributed by atoms with Gasteiger partial charge in [0, 0.05) is 30.2 Å². The number of hydrogen-bond donors (Lipinski definition) is 1. The van der Waals surface area contributed by atoms with Gasteiger partial charge in [0.15, 0.2) is 5.13 Å². The van der Waals surface area contributed by atoms with Crippen molar-refractivity contribution in [3.05, 3.63) is 77.3 Å². The van der Waals surface area contributed by atoms with Gasteiger partial charge in [-0.25, -0.2) is 13.4 Å². The Morgan fingerprint density at radius 2 is 1.90 bits per heavy atom. The molecule has 6 nitrogen and oxygen atoms in total. The zero-order valence-electron chi connectivity index (χ0n) is 16.4. The van der Waals surface area contributed by atoms with E-state index in [-0.39, 0.29) is 10.8 Å². The molecule has 3 aromatic rings. The van der Waals surface area contributed by atoms with Gasteiger partial charge in [-0.2, -0.15) is 0 Å². The molecule has 156 valence electrons. The number of hydrogen-bond acceptors (Lipinski definition) is 5. The van der Waals surface area contributed by atoms with Crippen LogP contribution in [0.1, 0.15) is 28.8 Å². The molecule has 0 spiro atoms. The first kappa shape index (κ1) is 20.6. The summed E-state index contributed by atoms with van der Waals surface area (Å²) < 4.78 is 27.3. The highest BCUT2D eigenvalue weighted by Gasteiger charge is 2.27. The Kier molecular flexibility index (Phi) is 6.15. The highest BCUT2D eigenvalue weighted by atomic mass is 32.2. The summed E-state index contributed by atoms with van der Waals surface area (Å²) >= 11 is 1.21. The van der Waals surface area contributed by atoms with Crippen LogP contribution in [0, 0.1) is 5.92 Å². The predicted molar refractivity (Wildman–Crippen MR) is 118 cm³/mol. The first-order chi connectivity index (χ1) is 14.5. The van der Waals surface area contributed by atoms with Crippen LogP contribution in [0.5, 0.6) is 0 Å². The lowest BCUT2D eigenvalue weighted by Crippen LogP contribution is -2.28. The number of sulfonamides is 1. The summed E-state index contributed by atoms with van der Waals surface area (Å²) in [6, 6.07) is 16.5. The molecule has 2 aromatic carbocycles. The van der Waals surface area contributed by atoms with Crippen molar-refractivity contribution in [2.75, 3.05) is 17.8 Å². The van der Waals surface area contributed by atoms with Crippen LogP contribution in [0.15, 0.2) is 71.1 Å². The second kappa shape index (κ2) is 8.97. The fraction of sp³-hybridized carbons (Fsp3) is 0.273. The molecule has 1 aliphatic heterocycles. The summed E-state index contributed by atoms with van der Waals surface area (Å²) in [7, 11) is -3.71. The summed E-state index contributed by atoms with van der Waals surface area (Å²) in [6.45, 7) is 1.49. The number of carbonyl (C=O) groups is 1. The number of thiazole rings is 1. The third kappa shape index (κ3) is 4.88. The molecule has 0 saturated carbocycles. The Morgan fingerprint density at radius 1 is 1.13 bits per heavy atom. The van der Waals surface area contributed by atoms with Crippen molar-refractivity contribution in [2.24, 2.45) is 5.92 Å². The fourth-order valence-corrected chi connectivity index (χ4v) is 5.46. The lowest BCUT2D eigenvalue weighted by Gasteiger charge is -2.17. The van der Waals surface area contributed by atoms with Gasteiger partial charge in [-0.05, 0) is 55.0 Å². The van der Waals surface area contributed by atoms with Gasteiger partial charge in [-0.3, -0.25) is 9.52 Å². The molecule has 8 heteroatoms. The van der Waals surface area contributed by atoms with Gasteiger partial charge in [-0.1, -0.05) is 30.3 Å². The van der Waals surface area contributed by atoms with E-state index in [1.165, 1.54) is 35.2 Å². The van der Waals surface area contributed by atoms with E-state index in [1.807, 2.05) is 11.0 Å². The van der Waals surface area contributed by atoms with Crippen molar-refractivity contribution in [3.8, 4) is 0 Å². The highest BCUT2D eigenvalue weighted by Crippen LogP contribution is 2.24. The molecule has 1 amide bonds. The average Bonchev–Trinajstić information content (AvgIpc) is 3.44. The van der Waals surface area contributed by atoms with Crippen LogP contribution in [0.4, 0.5) is 5.13 Å². The molecule has 1 saturated heterocycles. The predicted octanol–water partition coefficient (Wildman–Crippen LogP) is 4.04. The third-order valence-electron chi connectivity index (χ3n) is 5.32. The zero-order chi connectivity index (χ0) is 21.0. The molecule has 30 heavy (non-hydrogen) atoms. The first-order valence-corrected chi connectivity index (χ1v) is 12.2. The first-order valence-electron chi connectivity index (χ1n) is 9.87. The minimum atomic E-state index is -3.71. The largest absolute Gasteiger partial charge is 0.338 e. The van der Waals surface area contributed by atoms with Crippen molar-refractivity contribution in [1.82, 2.24) is 9.88 Å². The van der Waals surface area contributed by atoms with Gasteiger partial charge in [0.1, 0.15) is 0 Å². The average molecular weight is 442 g/mol. The Balaban J connectivity index is 1.34. The maximum atomic E-state index is 12.8. The lowest BCUT2D eigenvalue weighted by molar-refractivity contribution is 0.0786. The molecular formula is C22H23N3O3S2. The number of carbonyl (C=O) groups excluding carboxylic acids is 1. The lowest BCUT2D eigenvalue weighted by atomic mass is 9.99. The molecule has 2 heterocycles. The van der Waals surface area contributed by atoms with Crippen LogP contribution in [0.25, 0.3) is 0 Å². The van der Waals surface area contributed by atoms with Gasteiger partial charge < -0.3 is 4.90 Å². The van der Waals surface area contributed by atoms with E-state index in [0.717, 1.165) is 32.4 Å². The number of benzene rings is 2. The molecule has 1 atom stereocenters. The van der Waals surface area contributed by atoms with Crippen LogP contribution in [0.2, 0.25) is 0 Å². The molecule has 1 N–H and O–H groups in total. The van der Waals surface area contributed by atoms with Gasteiger partial charge in [0.25, 0.3) is 15.9 Å². The van der Waals surface area contributed by atoms with Gasteiger partial charge in [0.05, 0.1) is 4.90 Å². The maximum absolute atomic E-state index is 12.8. The Labute approximate surface area is 180 Å². The standard InChI is InChI=1S/C22H23N3O3S2/c26-21(25-14-12-18(16-25)7-6-17-4-2-1-3-5-17)19-8-10-20(11-9-19)30(27,28)24-22-23-13-15-29-22/h1-5,8-11,13,15,18H,6-7,12,14,16H2,(H,23,24). The van der Waals surface area contributed by atoms with Crippen molar-refractivity contribution < 1.29 is 13.2 Å². The number of aryl methyl sites for hydroxylation is 1. The van der Waals surface area contributed by atoms with Gasteiger partial charge in [-0.15, -0.1) is 11.3 Å². The number of amides is 1. The number of nitrogens with zero attached hydrogens (tertiary/aromatic N) is 2. The normalized spacial score (nSPS) is 16.5. The molecule has 1 aliphatic rings. The summed E-state index contributed by atoms with van der Waals surface area (Å²) in [4.78, 5) is 18.7. The highest BCUT2D eigenvalue weighted by molar-refractivity contribution is 7.93. The molecule has 0 bridgehead atoms. The molecule has 0 aliphatic carbocycles.